The Morgan fingerprint density at radius 1 is 0.871 bits per heavy atom. The highest BCUT2D eigenvalue weighted by atomic mass is 16.7. The van der Waals surface area contributed by atoms with Gasteiger partial charge in [0.1, 0.15) is 12.1 Å². The molecule has 1 heterocycles. The number of carbonyl (C=O) groups is 1. The molecule has 0 spiro atoms. The Kier molecular flexibility index (Phi) is 5.05. The molecule has 3 aromatic carbocycles. The molecule has 0 bridgehead atoms. The van der Waals surface area contributed by atoms with Gasteiger partial charge in [0, 0.05) is 11.5 Å². The van der Waals surface area contributed by atoms with Gasteiger partial charge in [0.25, 0.3) is 0 Å². The van der Waals surface area contributed by atoms with Gasteiger partial charge in [-0.25, -0.2) is 5.06 Å². The lowest BCUT2D eigenvalue weighted by Gasteiger charge is -2.26. The minimum absolute atomic E-state index is 0.0599. The fourth-order valence-corrected chi connectivity index (χ4v) is 4.39. The number of carbonyl (C=O) groups excluding carboxylic acids is 1. The molecule has 0 aromatic heterocycles. The number of allylic oxidation sites excluding steroid dienone is 1. The van der Waals surface area contributed by atoms with Gasteiger partial charge in [0.2, 0.25) is 0 Å². The van der Waals surface area contributed by atoms with E-state index in [1.807, 2.05) is 66.6 Å². The third-order valence-corrected chi connectivity index (χ3v) is 6.07. The van der Waals surface area contributed by atoms with E-state index in [0.717, 1.165) is 22.4 Å². The number of Topliss-reactive ketones (excluding diaryl/α,β-unsaturated/α-hetero) is 1. The third-order valence-electron chi connectivity index (χ3n) is 6.07. The molecule has 3 nitrogen and oxygen atoms in total. The number of ketones is 1. The lowest BCUT2D eigenvalue weighted by molar-refractivity contribution is 0.0885. The van der Waals surface area contributed by atoms with Crippen molar-refractivity contribution < 1.29 is 9.63 Å². The van der Waals surface area contributed by atoms with Crippen LogP contribution in [0.15, 0.2) is 96.6 Å². The molecule has 3 aromatic rings. The quantitative estimate of drug-likeness (QED) is 0.501. The predicted molar refractivity (Wildman–Crippen MR) is 125 cm³/mol. The molecule has 0 radical (unpaired) electrons. The number of hydrogen-bond acceptors (Lipinski definition) is 3. The Bertz CT molecular complexity index is 1140. The monoisotopic (exact) mass is 407 g/mol. The van der Waals surface area contributed by atoms with E-state index in [0.29, 0.717) is 5.56 Å². The summed E-state index contributed by atoms with van der Waals surface area (Å²) in [6.07, 6.45) is 6.19. The van der Waals surface area contributed by atoms with Crippen LogP contribution in [0.3, 0.4) is 0 Å². The van der Waals surface area contributed by atoms with Crippen molar-refractivity contribution in [2.45, 2.75) is 26.0 Å². The molecular formula is C28H25NO2. The minimum Gasteiger partial charge on any atom is -0.292 e. The summed E-state index contributed by atoms with van der Waals surface area (Å²) < 4.78 is 0. The highest BCUT2D eigenvalue weighted by molar-refractivity contribution is 6.03. The van der Waals surface area contributed by atoms with E-state index < -0.39 is 6.04 Å². The summed E-state index contributed by atoms with van der Waals surface area (Å²) in [5.74, 6) is 0.0187. The van der Waals surface area contributed by atoms with Crippen LogP contribution in [0, 0.1) is 19.8 Å². The van der Waals surface area contributed by atoms with Gasteiger partial charge >= 0.3 is 0 Å². The Balaban J connectivity index is 1.56. The van der Waals surface area contributed by atoms with Crippen LogP contribution >= 0.6 is 0 Å². The molecule has 1 aliphatic carbocycles. The van der Waals surface area contributed by atoms with Gasteiger partial charge in [-0.1, -0.05) is 96.1 Å². The second-order valence-electron chi connectivity index (χ2n) is 8.35. The van der Waals surface area contributed by atoms with Crippen LogP contribution in [0.25, 0.3) is 6.08 Å². The zero-order valence-electron chi connectivity index (χ0n) is 17.7. The lowest BCUT2D eigenvalue weighted by Crippen LogP contribution is -2.40. The van der Waals surface area contributed by atoms with E-state index >= 15 is 0 Å². The van der Waals surface area contributed by atoms with Crippen molar-refractivity contribution in [2.75, 3.05) is 5.06 Å². The maximum atomic E-state index is 13.8. The van der Waals surface area contributed by atoms with E-state index in [9.17, 15) is 4.79 Å². The first-order chi connectivity index (χ1) is 15.1. The molecule has 0 N–H and O–H groups in total. The number of benzene rings is 3. The highest BCUT2D eigenvalue weighted by Gasteiger charge is 2.50. The lowest BCUT2D eigenvalue weighted by atomic mass is 9.86. The van der Waals surface area contributed by atoms with E-state index in [1.54, 1.807) is 0 Å². The summed E-state index contributed by atoms with van der Waals surface area (Å²) in [5, 5.41) is 1.81. The number of rotatable bonds is 4. The first-order valence-electron chi connectivity index (χ1n) is 10.7. The van der Waals surface area contributed by atoms with Gasteiger partial charge in [-0.15, -0.1) is 0 Å². The van der Waals surface area contributed by atoms with E-state index in [-0.39, 0.29) is 17.8 Å². The van der Waals surface area contributed by atoms with Crippen LogP contribution in [0.5, 0.6) is 0 Å². The molecular weight excluding hydrogens is 382 g/mol. The van der Waals surface area contributed by atoms with Crippen molar-refractivity contribution in [3.63, 3.8) is 0 Å². The Morgan fingerprint density at radius 3 is 2.19 bits per heavy atom. The van der Waals surface area contributed by atoms with Gasteiger partial charge in [0.05, 0.1) is 5.69 Å². The number of nitrogens with zero attached hydrogens (tertiary/aromatic N) is 1. The number of para-hydroxylation sites is 1. The van der Waals surface area contributed by atoms with Crippen LogP contribution in [0.1, 0.15) is 27.0 Å². The average molecular weight is 408 g/mol. The van der Waals surface area contributed by atoms with Crippen LogP contribution in [0.2, 0.25) is 0 Å². The van der Waals surface area contributed by atoms with Gasteiger partial charge in [-0.2, -0.15) is 0 Å². The topological polar surface area (TPSA) is 29.5 Å². The largest absolute Gasteiger partial charge is 0.292 e. The zero-order valence-corrected chi connectivity index (χ0v) is 17.7. The Morgan fingerprint density at radius 2 is 1.52 bits per heavy atom. The van der Waals surface area contributed by atoms with Crippen molar-refractivity contribution in [3.05, 3.63) is 119 Å². The van der Waals surface area contributed by atoms with Crippen molar-refractivity contribution in [1.29, 1.82) is 0 Å². The smallest absolute Gasteiger partial charge is 0.188 e. The SMILES string of the molecule is Cc1ccc(/C=C2\C=CC3ON(c4ccccc4)[C@@H](C(=O)c4ccc(C)cc4)C23)cc1. The summed E-state index contributed by atoms with van der Waals surface area (Å²) in [5.41, 5.74) is 6.23. The van der Waals surface area contributed by atoms with Gasteiger partial charge in [-0.3, -0.25) is 9.63 Å². The molecule has 5 rings (SSSR count). The summed E-state index contributed by atoms with van der Waals surface area (Å²) in [4.78, 5) is 20.1. The maximum Gasteiger partial charge on any atom is 0.188 e. The summed E-state index contributed by atoms with van der Waals surface area (Å²) in [6.45, 7) is 4.11. The first kappa shape index (κ1) is 19.5. The van der Waals surface area contributed by atoms with E-state index in [2.05, 4.69) is 49.4 Å². The number of anilines is 1. The summed E-state index contributed by atoms with van der Waals surface area (Å²) in [6, 6.07) is 25.7. The molecule has 3 atom stereocenters. The fourth-order valence-electron chi connectivity index (χ4n) is 4.39. The average Bonchev–Trinajstić information content (AvgIpc) is 3.36. The first-order valence-corrected chi connectivity index (χ1v) is 10.7. The highest BCUT2D eigenvalue weighted by Crippen LogP contribution is 2.43. The molecule has 0 amide bonds. The molecule has 2 aliphatic rings. The zero-order chi connectivity index (χ0) is 21.4. The molecule has 154 valence electrons. The van der Waals surface area contributed by atoms with E-state index in [1.165, 1.54) is 5.56 Å². The van der Waals surface area contributed by atoms with Crippen LogP contribution in [0.4, 0.5) is 5.69 Å². The predicted octanol–water partition coefficient (Wildman–Crippen LogP) is 5.94. The van der Waals surface area contributed by atoms with Crippen molar-refractivity contribution >= 4 is 17.5 Å². The van der Waals surface area contributed by atoms with Crippen molar-refractivity contribution in [2.24, 2.45) is 5.92 Å². The van der Waals surface area contributed by atoms with Gasteiger partial charge in [0.15, 0.2) is 5.78 Å². The molecule has 1 saturated heterocycles. The summed E-state index contributed by atoms with van der Waals surface area (Å²) in [7, 11) is 0. The standard InChI is InChI=1S/C28H25NO2/c1-19-8-12-21(13-9-19)18-23-16-17-25-26(23)27(28(30)22-14-10-20(2)11-15-22)29(31-25)24-6-4-3-5-7-24/h3-18,25-27H,1-2H3/b23-18+/t25?,26?,27-/m1/s1. The van der Waals surface area contributed by atoms with Crippen LogP contribution in [-0.4, -0.2) is 17.9 Å². The number of aryl methyl sites for hydroxylation is 2. The van der Waals surface area contributed by atoms with Crippen LogP contribution in [-0.2, 0) is 4.84 Å². The van der Waals surface area contributed by atoms with Gasteiger partial charge in [-0.05, 0) is 37.1 Å². The summed E-state index contributed by atoms with van der Waals surface area (Å²) >= 11 is 0. The van der Waals surface area contributed by atoms with Crippen molar-refractivity contribution in [1.82, 2.24) is 0 Å². The molecule has 0 saturated carbocycles. The van der Waals surface area contributed by atoms with Gasteiger partial charge < -0.3 is 0 Å². The molecule has 3 heteroatoms. The number of hydrogen-bond donors (Lipinski definition) is 0. The minimum atomic E-state index is -0.429. The molecule has 2 unspecified atom stereocenters. The third kappa shape index (κ3) is 3.73. The Hall–Kier alpha value is -3.43. The molecule has 1 aliphatic heterocycles. The number of hydroxylamine groups is 1. The van der Waals surface area contributed by atoms with Crippen molar-refractivity contribution in [3.8, 4) is 0 Å². The number of fused-ring (bicyclic) bond motifs is 1. The van der Waals surface area contributed by atoms with Crippen LogP contribution < -0.4 is 5.06 Å². The van der Waals surface area contributed by atoms with E-state index in [4.69, 9.17) is 4.84 Å². The second kappa shape index (κ2) is 8.01. The molecule has 1 fully saturated rings. The fraction of sp³-hybridized carbons (Fsp3) is 0.179. The normalized spacial score (nSPS) is 23.4. The second-order valence-corrected chi connectivity index (χ2v) is 8.35. The Labute approximate surface area is 183 Å². The maximum absolute atomic E-state index is 13.8. The molecule has 31 heavy (non-hydrogen) atoms.